The highest BCUT2D eigenvalue weighted by molar-refractivity contribution is 6.29. The number of nitrogens with one attached hydrogen (secondary N) is 1. The molecule has 1 amide bonds. The summed E-state index contributed by atoms with van der Waals surface area (Å²) in [6.07, 6.45) is 1.73. The van der Waals surface area contributed by atoms with Crippen molar-refractivity contribution in [3.63, 3.8) is 0 Å². The van der Waals surface area contributed by atoms with Gasteiger partial charge in [-0.2, -0.15) is 13.8 Å². The Morgan fingerprint density at radius 1 is 1.48 bits per heavy atom. The average molecular weight is 374 g/mol. The fourth-order valence-corrected chi connectivity index (χ4v) is 4.52. The highest BCUT2D eigenvalue weighted by Gasteiger charge is 2.61. The minimum Gasteiger partial charge on any atom is -0.368 e. The van der Waals surface area contributed by atoms with E-state index in [-0.39, 0.29) is 29.1 Å². The van der Waals surface area contributed by atoms with Crippen LogP contribution in [0.4, 0.5) is 20.5 Å². The van der Waals surface area contributed by atoms with Crippen molar-refractivity contribution in [2.45, 2.75) is 51.6 Å². The van der Waals surface area contributed by atoms with E-state index in [1.54, 1.807) is 6.07 Å². The van der Waals surface area contributed by atoms with Crippen molar-refractivity contribution < 1.29 is 13.6 Å². The van der Waals surface area contributed by atoms with Crippen LogP contribution < -0.4 is 16.0 Å². The van der Waals surface area contributed by atoms with Crippen molar-refractivity contribution >= 4 is 29.3 Å². The maximum Gasteiger partial charge on any atom is 0.321 e. The van der Waals surface area contributed by atoms with E-state index in [1.807, 2.05) is 13.8 Å². The molecular formula is C16H22ClF2N5O. The molecule has 138 valence electrons. The number of fused-ring (bicyclic) bond motifs is 1. The van der Waals surface area contributed by atoms with E-state index in [9.17, 15) is 13.6 Å². The van der Waals surface area contributed by atoms with Crippen LogP contribution in [-0.2, 0) is 4.79 Å². The van der Waals surface area contributed by atoms with Gasteiger partial charge in [0.25, 0.3) is 5.91 Å². The number of rotatable bonds is 3. The SMILES string of the molecule is CC(F)(F)C(=O)NC1C2CCCN(c3cc(Cl)nc(N)n3)C2C1(C)C. The minimum atomic E-state index is -3.38. The molecule has 1 aromatic rings. The normalized spacial score (nSPS) is 28.1. The summed E-state index contributed by atoms with van der Waals surface area (Å²) < 4.78 is 26.6. The zero-order valence-electron chi connectivity index (χ0n) is 14.4. The number of piperidine rings is 1. The van der Waals surface area contributed by atoms with Gasteiger partial charge in [-0.1, -0.05) is 25.4 Å². The van der Waals surface area contributed by atoms with Gasteiger partial charge >= 0.3 is 5.92 Å². The van der Waals surface area contributed by atoms with Gasteiger partial charge in [-0.25, -0.2) is 4.98 Å². The summed E-state index contributed by atoms with van der Waals surface area (Å²) >= 11 is 5.99. The Labute approximate surface area is 150 Å². The number of alkyl halides is 2. The molecule has 2 heterocycles. The van der Waals surface area contributed by atoms with Crippen LogP contribution in [0.3, 0.4) is 0 Å². The lowest BCUT2D eigenvalue weighted by Crippen LogP contribution is -2.75. The third kappa shape index (κ3) is 3.12. The van der Waals surface area contributed by atoms with E-state index < -0.39 is 17.2 Å². The molecule has 25 heavy (non-hydrogen) atoms. The lowest BCUT2D eigenvalue weighted by Gasteiger charge is -2.64. The molecule has 0 bridgehead atoms. The van der Waals surface area contributed by atoms with E-state index in [0.29, 0.717) is 12.7 Å². The largest absolute Gasteiger partial charge is 0.368 e. The maximum absolute atomic E-state index is 13.3. The van der Waals surface area contributed by atoms with E-state index in [0.717, 1.165) is 19.4 Å². The monoisotopic (exact) mass is 373 g/mol. The Morgan fingerprint density at radius 2 is 2.16 bits per heavy atom. The van der Waals surface area contributed by atoms with E-state index >= 15 is 0 Å². The summed E-state index contributed by atoms with van der Waals surface area (Å²) in [5, 5.41) is 2.80. The molecule has 1 aromatic heterocycles. The molecule has 2 aliphatic rings. The number of carbonyl (C=O) groups is 1. The third-order valence-corrected chi connectivity index (χ3v) is 5.54. The Balaban J connectivity index is 1.85. The fraction of sp³-hybridized carbons (Fsp3) is 0.688. The van der Waals surface area contributed by atoms with Crippen LogP contribution in [-0.4, -0.2) is 40.4 Å². The Bertz CT molecular complexity index is 673. The average Bonchev–Trinajstić information content (AvgIpc) is 2.49. The molecule has 3 N–H and O–H groups in total. The minimum absolute atomic E-state index is 0.0578. The van der Waals surface area contributed by atoms with Gasteiger partial charge in [-0.05, 0) is 12.8 Å². The number of halogens is 3. The van der Waals surface area contributed by atoms with Crippen LogP contribution in [0.5, 0.6) is 0 Å². The number of hydrogen-bond acceptors (Lipinski definition) is 5. The van der Waals surface area contributed by atoms with Crippen molar-refractivity contribution in [3.8, 4) is 0 Å². The first kappa shape index (κ1) is 18.1. The maximum atomic E-state index is 13.3. The summed E-state index contributed by atoms with van der Waals surface area (Å²) in [6.45, 7) is 5.32. The van der Waals surface area contributed by atoms with Crippen LogP contribution in [0.15, 0.2) is 6.07 Å². The topological polar surface area (TPSA) is 84.1 Å². The second kappa shape index (κ2) is 5.93. The first-order chi connectivity index (χ1) is 11.5. The van der Waals surface area contributed by atoms with Crippen molar-refractivity contribution in [3.05, 3.63) is 11.2 Å². The van der Waals surface area contributed by atoms with Crippen LogP contribution in [0.25, 0.3) is 0 Å². The van der Waals surface area contributed by atoms with E-state index in [4.69, 9.17) is 17.3 Å². The number of nitrogen functional groups attached to an aromatic ring is 1. The molecular weight excluding hydrogens is 352 g/mol. The highest BCUT2D eigenvalue weighted by Crippen LogP contribution is 2.53. The summed E-state index contributed by atoms with van der Waals surface area (Å²) in [4.78, 5) is 22.0. The van der Waals surface area contributed by atoms with Crippen LogP contribution >= 0.6 is 11.6 Å². The first-order valence-electron chi connectivity index (χ1n) is 8.27. The van der Waals surface area contributed by atoms with Crippen LogP contribution in [0.1, 0.15) is 33.6 Å². The highest BCUT2D eigenvalue weighted by atomic mass is 35.5. The predicted molar refractivity (Wildman–Crippen MR) is 91.6 cm³/mol. The van der Waals surface area contributed by atoms with Crippen LogP contribution in [0.2, 0.25) is 5.15 Å². The number of nitrogens with two attached hydrogens (primary N) is 1. The molecule has 1 aliphatic heterocycles. The second-order valence-electron chi connectivity index (χ2n) is 7.51. The molecule has 2 fully saturated rings. The molecule has 1 aliphatic carbocycles. The molecule has 3 atom stereocenters. The fourth-order valence-electron chi connectivity index (χ4n) is 4.33. The second-order valence-corrected chi connectivity index (χ2v) is 7.90. The van der Waals surface area contributed by atoms with Gasteiger partial charge in [0, 0.05) is 43.0 Å². The number of nitrogens with zero attached hydrogens (tertiary/aromatic N) is 3. The standard InChI is InChI=1S/C16H22ClF2N5O/c1-15(2)11(23-13(25)16(3,18)19)8-5-4-6-24(12(8)15)10-7-9(17)21-14(20)22-10/h7-8,11-12H,4-6H2,1-3H3,(H,23,25)(H2,20,21,22). The zero-order chi connectivity index (χ0) is 18.6. The van der Waals surface area contributed by atoms with Gasteiger partial charge in [0.05, 0.1) is 0 Å². The zero-order valence-corrected chi connectivity index (χ0v) is 15.1. The Hall–Kier alpha value is -1.70. The number of hydrogen-bond donors (Lipinski definition) is 2. The van der Waals surface area contributed by atoms with Crippen molar-refractivity contribution in [1.82, 2.24) is 15.3 Å². The Kier molecular flexibility index (Phi) is 4.29. The van der Waals surface area contributed by atoms with Gasteiger partial charge < -0.3 is 16.0 Å². The smallest absolute Gasteiger partial charge is 0.321 e. The molecule has 1 saturated carbocycles. The molecule has 0 spiro atoms. The van der Waals surface area contributed by atoms with Crippen molar-refractivity contribution in [2.24, 2.45) is 11.3 Å². The Morgan fingerprint density at radius 3 is 2.76 bits per heavy atom. The summed E-state index contributed by atoms with van der Waals surface area (Å²) in [6, 6.07) is 1.40. The number of aromatic nitrogens is 2. The van der Waals surface area contributed by atoms with Gasteiger partial charge in [-0.15, -0.1) is 0 Å². The van der Waals surface area contributed by atoms with Gasteiger partial charge in [0.2, 0.25) is 5.95 Å². The molecule has 0 radical (unpaired) electrons. The predicted octanol–water partition coefficient (Wildman–Crippen LogP) is 2.48. The van der Waals surface area contributed by atoms with E-state index in [1.165, 1.54) is 0 Å². The number of amides is 1. The van der Waals surface area contributed by atoms with Gasteiger partial charge in [-0.3, -0.25) is 4.79 Å². The molecule has 0 aromatic carbocycles. The lowest BCUT2D eigenvalue weighted by atomic mass is 9.52. The lowest BCUT2D eigenvalue weighted by molar-refractivity contribution is -0.149. The first-order valence-corrected chi connectivity index (χ1v) is 8.65. The summed E-state index contributed by atoms with van der Waals surface area (Å²) in [7, 11) is 0. The molecule has 1 saturated heterocycles. The summed E-state index contributed by atoms with van der Waals surface area (Å²) in [5.74, 6) is -3.81. The van der Waals surface area contributed by atoms with Gasteiger partial charge in [0.15, 0.2) is 0 Å². The molecule has 3 unspecified atom stereocenters. The van der Waals surface area contributed by atoms with Crippen molar-refractivity contribution in [2.75, 3.05) is 17.2 Å². The molecule has 9 heteroatoms. The van der Waals surface area contributed by atoms with Crippen molar-refractivity contribution in [1.29, 1.82) is 0 Å². The summed E-state index contributed by atoms with van der Waals surface area (Å²) in [5.41, 5.74) is 5.31. The van der Waals surface area contributed by atoms with Gasteiger partial charge in [0.1, 0.15) is 11.0 Å². The molecule has 6 nitrogen and oxygen atoms in total. The third-order valence-electron chi connectivity index (χ3n) is 5.35. The number of anilines is 2. The van der Waals surface area contributed by atoms with Crippen LogP contribution in [0, 0.1) is 11.3 Å². The quantitative estimate of drug-likeness (QED) is 0.795. The molecule has 3 rings (SSSR count). The number of carbonyl (C=O) groups excluding carboxylic acids is 1. The van der Waals surface area contributed by atoms with E-state index in [2.05, 4.69) is 20.2 Å².